The molecule has 0 amide bonds. The molecule has 1 heterocycles. The van der Waals surface area contributed by atoms with Crippen LogP contribution in [-0.4, -0.2) is 11.0 Å². The van der Waals surface area contributed by atoms with E-state index in [0.29, 0.717) is 11.8 Å². The molecule has 0 spiro atoms. The molecule has 3 heteroatoms. The first-order chi connectivity index (χ1) is 9.32. The van der Waals surface area contributed by atoms with E-state index in [4.69, 9.17) is 4.98 Å². The van der Waals surface area contributed by atoms with Crippen molar-refractivity contribution in [3.05, 3.63) is 15.6 Å². The van der Waals surface area contributed by atoms with Crippen molar-refractivity contribution in [3.63, 3.8) is 0 Å². The molecule has 1 N–H and O–H groups in total. The molecular weight excluding hydrogens is 264 g/mol. The number of hydrogen-bond acceptors (Lipinski definition) is 3. The highest BCUT2D eigenvalue weighted by atomic mass is 32.1. The van der Waals surface area contributed by atoms with E-state index >= 15 is 0 Å². The Labute approximate surface area is 128 Å². The fourth-order valence-electron chi connectivity index (χ4n) is 3.13. The Balaban J connectivity index is 2.36. The van der Waals surface area contributed by atoms with E-state index in [2.05, 4.69) is 46.9 Å². The quantitative estimate of drug-likeness (QED) is 0.781. The predicted molar refractivity (Wildman–Crippen MR) is 88.3 cm³/mol. The van der Waals surface area contributed by atoms with Gasteiger partial charge in [0.25, 0.3) is 0 Å². The van der Waals surface area contributed by atoms with Crippen molar-refractivity contribution in [1.29, 1.82) is 0 Å². The second-order valence-electron chi connectivity index (χ2n) is 7.36. The van der Waals surface area contributed by atoms with Crippen LogP contribution in [0.15, 0.2) is 0 Å². The number of nitrogens with one attached hydrogen (secondary N) is 1. The summed E-state index contributed by atoms with van der Waals surface area (Å²) in [6.45, 7) is 13.7. The second kappa shape index (κ2) is 6.15. The van der Waals surface area contributed by atoms with Crippen molar-refractivity contribution < 1.29 is 0 Å². The molecule has 1 aliphatic rings. The third-order valence-electron chi connectivity index (χ3n) is 4.01. The molecule has 114 valence electrons. The lowest BCUT2D eigenvalue weighted by molar-refractivity contribution is 0.220. The van der Waals surface area contributed by atoms with Crippen LogP contribution in [0.3, 0.4) is 0 Å². The molecule has 0 bridgehead atoms. The third-order valence-corrected chi connectivity index (χ3v) is 5.29. The van der Waals surface area contributed by atoms with Gasteiger partial charge in [0.15, 0.2) is 0 Å². The number of rotatable bonds is 7. The fourth-order valence-corrected chi connectivity index (χ4v) is 4.21. The van der Waals surface area contributed by atoms with Crippen LogP contribution in [0.5, 0.6) is 0 Å². The van der Waals surface area contributed by atoms with Crippen molar-refractivity contribution in [2.24, 2.45) is 11.8 Å². The van der Waals surface area contributed by atoms with Gasteiger partial charge in [0, 0.05) is 10.9 Å². The Morgan fingerprint density at radius 2 is 1.70 bits per heavy atom. The van der Waals surface area contributed by atoms with E-state index in [0.717, 1.165) is 6.04 Å². The first-order valence-electron chi connectivity index (χ1n) is 8.04. The minimum Gasteiger partial charge on any atom is -0.303 e. The summed E-state index contributed by atoms with van der Waals surface area (Å²) in [6, 6.07) is 0.719. The van der Waals surface area contributed by atoms with E-state index in [1.54, 1.807) is 0 Å². The largest absolute Gasteiger partial charge is 0.303 e. The molecule has 20 heavy (non-hydrogen) atoms. The molecule has 1 aromatic heterocycles. The van der Waals surface area contributed by atoms with Gasteiger partial charge in [-0.3, -0.25) is 0 Å². The van der Waals surface area contributed by atoms with E-state index in [1.165, 1.54) is 41.3 Å². The van der Waals surface area contributed by atoms with Gasteiger partial charge in [-0.15, -0.1) is 11.3 Å². The molecule has 1 aliphatic carbocycles. The molecule has 2 rings (SSSR count). The topological polar surface area (TPSA) is 24.9 Å². The van der Waals surface area contributed by atoms with Gasteiger partial charge in [0.1, 0.15) is 5.01 Å². The van der Waals surface area contributed by atoms with Crippen LogP contribution in [0, 0.1) is 25.7 Å². The molecule has 2 nitrogen and oxygen atoms in total. The van der Waals surface area contributed by atoms with Gasteiger partial charge in [0.2, 0.25) is 0 Å². The maximum Gasteiger partial charge on any atom is 0.113 e. The standard InChI is InChI=1S/C17H30N2S/c1-11(2)9-17(10-12(3)4,19-15-7-8-15)16-18-13(5)14(6)20-16/h11-12,15,19H,7-10H2,1-6H3. The summed E-state index contributed by atoms with van der Waals surface area (Å²) in [4.78, 5) is 6.30. The highest BCUT2D eigenvalue weighted by molar-refractivity contribution is 7.11. The van der Waals surface area contributed by atoms with E-state index in [1.807, 2.05) is 11.3 Å². The van der Waals surface area contributed by atoms with Gasteiger partial charge in [-0.2, -0.15) is 0 Å². The van der Waals surface area contributed by atoms with Gasteiger partial charge in [-0.25, -0.2) is 4.98 Å². The lowest BCUT2D eigenvalue weighted by atomic mass is 9.82. The number of thiazole rings is 1. The summed E-state index contributed by atoms with van der Waals surface area (Å²) in [5, 5.41) is 5.29. The molecule has 0 aliphatic heterocycles. The number of hydrogen-bond donors (Lipinski definition) is 1. The number of nitrogens with zero attached hydrogens (tertiary/aromatic N) is 1. The van der Waals surface area contributed by atoms with Gasteiger partial charge in [0.05, 0.1) is 11.2 Å². The Morgan fingerprint density at radius 3 is 2.05 bits per heavy atom. The smallest absolute Gasteiger partial charge is 0.113 e. The van der Waals surface area contributed by atoms with Gasteiger partial charge < -0.3 is 5.32 Å². The Hall–Kier alpha value is -0.410. The van der Waals surface area contributed by atoms with Crippen LogP contribution in [0.25, 0.3) is 0 Å². The van der Waals surface area contributed by atoms with Crippen LogP contribution >= 0.6 is 11.3 Å². The second-order valence-corrected chi connectivity index (χ2v) is 8.56. The SMILES string of the molecule is Cc1nc(C(CC(C)C)(CC(C)C)NC2CC2)sc1C. The Kier molecular flexibility index (Phi) is 4.91. The van der Waals surface area contributed by atoms with E-state index in [9.17, 15) is 0 Å². The van der Waals surface area contributed by atoms with E-state index in [-0.39, 0.29) is 5.54 Å². The molecule has 0 atom stereocenters. The van der Waals surface area contributed by atoms with Crippen LogP contribution < -0.4 is 5.32 Å². The summed E-state index contributed by atoms with van der Waals surface area (Å²) in [5.41, 5.74) is 1.30. The summed E-state index contributed by atoms with van der Waals surface area (Å²) in [5.74, 6) is 1.37. The van der Waals surface area contributed by atoms with Crippen LogP contribution in [0.4, 0.5) is 0 Å². The molecule has 1 fully saturated rings. The lowest BCUT2D eigenvalue weighted by Crippen LogP contribution is -2.45. The first-order valence-corrected chi connectivity index (χ1v) is 8.86. The lowest BCUT2D eigenvalue weighted by Gasteiger charge is -2.36. The average Bonchev–Trinajstić information content (AvgIpc) is 3.03. The zero-order chi connectivity index (χ0) is 14.9. The maximum atomic E-state index is 4.93. The summed E-state index contributed by atoms with van der Waals surface area (Å²) < 4.78 is 0. The van der Waals surface area contributed by atoms with Crippen molar-refractivity contribution in [1.82, 2.24) is 10.3 Å². The fraction of sp³-hybridized carbons (Fsp3) is 0.824. The van der Waals surface area contributed by atoms with Crippen molar-refractivity contribution >= 4 is 11.3 Å². The highest BCUT2D eigenvalue weighted by Crippen LogP contribution is 2.40. The molecule has 0 unspecified atom stereocenters. The number of aryl methyl sites for hydroxylation is 2. The molecule has 1 saturated carbocycles. The van der Waals surface area contributed by atoms with Gasteiger partial charge >= 0.3 is 0 Å². The summed E-state index contributed by atoms with van der Waals surface area (Å²) in [6.07, 6.45) is 5.05. The van der Waals surface area contributed by atoms with Crippen LogP contribution in [-0.2, 0) is 5.54 Å². The Morgan fingerprint density at radius 1 is 1.15 bits per heavy atom. The molecule has 0 aromatic carbocycles. The van der Waals surface area contributed by atoms with Crippen molar-refractivity contribution in [2.45, 2.75) is 78.8 Å². The minimum absolute atomic E-state index is 0.0905. The van der Waals surface area contributed by atoms with Gasteiger partial charge in [-0.1, -0.05) is 27.7 Å². The van der Waals surface area contributed by atoms with Crippen LogP contribution in [0.2, 0.25) is 0 Å². The average molecular weight is 295 g/mol. The molecular formula is C17H30N2S. The number of aromatic nitrogens is 1. The first kappa shape index (κ1) is 16.0. The Bertz CT molecular complexity index is 406. The third kappa shape index (κ3) is 3.82. The zero-order valence-electron chi connectivity index (χ0n) is 13.9. The monoisotopic (exact) mass is 294 g/mol. The highest BCUT2D eigenvalue weighted by Gasteiger charge is 2.40. The molecule has 1 aromatic rings. The normalized spacial score (nSPS) is 16.4. The van der Waals surface area contributed by atoms with Gasteiger partial charge in [-0.05, 0) is 51.4 Å². The zero-order valence-corrected chi connectivity index (χ0v) is 14.7. The minimum atomic E-state index is 0.0905. The molecule has 0 saturated heterocycles. The van der Waals surface area contributed by atoms with Crippen molar-refractivity contribution in [3.8, 4) is 0 Å². The summed E-state index contributed by atoms with van der Waals surface area (Å²) in [7, 11) is 0. The molecule has 0 radical (unpaired) electrons. The van der Waals surface area contributed by atoms with Crippen molar-refractivity contribution in [2.75, 3.05) is 0 Å². The summed E-state index contributed by atoms with van der Waals surface area (Å²) >= 11 is 1.90. The predicted octanol–water partition coefficient (Wildman–Crippen LogP) is 4.80. The van der Waals surface area contributed by atoms with E-state index < -0.39 is 0 Å². The van der Waals surface area contributed by atoms with Crippen LogP contribution in [0.1, 0.15) is 69.0 Å². The maximum absolute atomic E-state index is 4.93.